The number of nitrogens with zero attached hydrogens (tertiary/aromatic N) is 3. The van der Waals surface area contributed by atoms with Crippen LogP contribution in [0, 0.1) is 0 Å². The molecule has 27 heavy (non-hydrogen) atoms. The summed E-state index contributed by atoms with van der Waals surface area (Å²) in [6.45, 7) is 2.18. The largest absolute Gasteiger partial charge is 0.497 e. The van der Waals surface area contributed by atoms with Crippen LogP contribution in [0.3, 0.4) is 0 Å². The molecule has 1 fully saturated rings. The highest BCUT2D eigenvalue weighted by Gasteiger charge is 2.31. The first-order valence-corrected chi connectivity index (χ1v) is 8.60. The van der Waals surface area contributed by atoms with Gasteiger partial charge in [0.05, 0.1) is 12.7 Å². The summed E-state index contributed by atoms with van der Waals surface area (Å²) in [6.07, 6.45) is -2.85. The van der Waals surface area contributed by atoms with Gasteiger partial charge in [-0.2, -0.15) is 13.2 Å². The number of anilines is 1. The van der Waals surface area contributed by atoms with Crippen molar-refractivity contribution in [2.75, 3.05) is 38.2 Å². The van der Waals surface area contributed by atoms with Gasteiger partial charge in [-0.15, -0.1) is 0 Å². The molecule has 0 aliphatic carbocycles. The van der Waals surface area contributed by atoms with Gasteiger partial charge in [-0.3, -0.25) is 4.79 Å². The lowest BCUT2D eigenvalue weighted by molar-refractivity contribution is -0.137. The van der Waals surface area contributed by atoms with Crippen molar-refractivity contribution in [2.45, 2.75) is 12.6 Å². The number of carbonyl (C=O) groups excluding carboxylic acids is 1. The highest BCUT2D eigenvalue weighted by molar-refractivity contribution is 5.94. The van der Waals surface area contributed by atoms with Gasteiger partial charge >= 0.3 is 6.18 Å². The third kappa shape index (κ3) is 4.50. The van der Waals surface area contributed by atoms with Crippen molar-refractivity contribution < 1.29 is 22.7 Å². The van der Waals surface area contributed by atoms with Crippen molar-refractivity contribution in [3.63, 3.8) is 0 Å². The molecule has 1 saturated heterocycles. The van der Waals surface area contributed by atoms with E-state index in [0.717, 1.165) is 12.3 Å². The number of benzene rings is 1. The summed E-state index contributed by atoms with van der Waals surface area (Å²) in [5, 5.41) is 0. The minimum atomic E-state index is -4.40. The Kier molecular flexibility index (Phi) is 5.53. The van der Waals surface area contributed by atoms with Gasteiger partial charge in [0.1, 0.15) is 11.6 Å². The zero-order chi connectivity index (χ0) is 19.4. The number of alkyl halides is 3. The maximum absolute atomic E-state index is 12.7. The van der Waals surface area contributed by atoms with Gasteiger partial charge in [-0.1, -0.05) is 6.07 Å². The van der Waals surface area contributed by atoms with Crippen molar-refractivity contribution in [3.8, 4) is 5.75 Å². The Balaban J connectivity index is 1.67. The Bertz CT molecular complexity index is 794. The second kappa shape index (κ2) is 7.85. The molecule has 3 rings (SSSR count). The van der Waals surface area contributed by atoms with Crippen LogP contribution in [-0.2, 0) is 6.18 Å². The average molecular weight is 379 g/mol. The van der Waals surface area contributed by atoms with E-state index in [-0.39, 0.29) is 5.91 Å². The third-order valence-electron chi connectivity index (χ3n) is 4.50. The van der Waals surface area contributed by atoms with Crippen LogP contribution < -0.4 is 9.64 Å². The summed E-state index contributed by atoms with van der Waals surface area (Å²) < 4.78 is 43.2. The molecule has 1 aromatic carbocycles. The summed E-state index contributed by atoms with van der Waals surface area (Å²) in [5.74, 6) is 1.01. The fraction of sp³-hybridized carbons (Fsp3) is 0.368. The quantitative estimate of drug-likeness (QED) is 0.819. The summed E-state index contributed by atoms with van der Waals surface area (Å²) in [4.78, 5) is 20.3. The molecule has 1 aliphatic rings. The topological polar surface area (TPSA) is 45.7 Å². The second-order valence-corrected chi connectivity index (χ2v) is 6.27. The predicted molar refractivity (Wildman–Crippen MR) is 95.0 cm³/mol. The zero-order valence-electron chi connectivity index (χ0n) is 14.9. The van der Waals surface area contributed by atoms with Crippen molar-refractivity contribution in [2.24, 2.45) is 0 Å². The van der Waals surface area contributed by atoms with Gasteiger partial charge in [0, 0.05) is 37.9 Å². The predicted octanol–water partition coefficient (Wildman–Crippen LogP) is 3.46. The number of rotatable bonds is 3. The normalized spacial score (nSPS) is 15.4. The molecule has 144 valence electrons. The third-order valence-corrected chi connectivity index (χ3v) is 4.50. The lowest BCUT2D eigenvalue weighted by Crippen LogP contribution is -2.35. The van der Waals surface area contributed by atoms with Crippen LogP contribution in [0.25, 0.3) is 0 Å². The molecule has 5 nitrogen and oxygen atoms in total. The molecule has 2 heterocycles. The first-order chi connectivity index (χ1) is 12.9. The van der Waals surface area contributed by atoms with Gasteiger partial charge in [0.2, 0.25) is 0 Å². The average Bonchev–Trinajstić information content (AvgIpc) is 2.93. The van der Waals surface area contributed by atoms with E-state index >= 15 is 0 Å². The van der Waals surface area contributed by atoms with Crippen molar-refractivity contribution in [1.82, 2.24) is 9.88 Å². The molecule has 0 saturated carbocycles. The molecule has 1 amide bonds. The highest BCUT2D eigenvalue weighted by Crippen LogP contribution is 2.29. The number of ether oxygens (including phenoxy) is 1. The number of halogens is 3. The highest BCUT2D eigenvalue weighted by atomic mass is 19.4. The smallest absolute Gasteiger partial charge is 0.417 e. The summed E-state index contributed by atoms with van der Waals surface area (Å²) in [5.41, 5.74) is -0.216. The molecule has 8 heteroatoms. The zero-order valence-corrected chi connectivity index (χ0v) is 14.9. The number of hydrogen-bond acceptors (Lipinski definition) is 4. The molecule has 0 atom stereocenters. The molecule has 0 spiro atoms. The molecule has 0 N–H and O–H groups in total. The van der Waals surface area contributed by atoms with E-state index in [0.29, 0.717) is 49.7 Å². The Hall–Kier alpha value is -2.77. The van der Waals surface area contributed by atoms with E-state index in [1.807, 2.05) is 4.90 Å². The second-order valence-electron chi connectivity index (χ2n) is 6.27. The number of carbonyl (C=O) groups is 1. The Labute approximate surface area is 155 Å². The number of methoxy groups -OCH3 is 1. The van der Waals surface area contributed by atoms with Gasteiger partial charge in [0.15, 0.2) is 0 Å². The van der Waals surface area contributed by atoms with E-state index in [9.17, 15) is 18.0 Å². The molecule has 2 aromatic rings. The minimum Gasteiger partial charge on any atom is -0.497 e. The fourth-order valence-electron chi connectivity index (χ4n) is 3.03. The SMILES string of the molecule is COc1cccc(C(=O)N2CCCN(c3ccc(C(F)(F)F)cn3)CC2)c1. The van der Waals surface area contributed by atoms with Crippen molar-refractivity contribution in [1.29, 1.82) is 0 Å². The molecule has 1 aliphatic heterocycles. The number of hydrogen-bond donors (Lipinski definition) is 0. The van der Waals surface area contributed by atoms with Gasteiger partial charge < -0.3 is 14.5 Å². The van der Waals surface area contributed by atoms with Crippen LogP contribution in [0.1, 0.15) is 22.3 Å². The molecular weight excluding hydrogens is 359 g/mol. The monoisotopic (exact) mass is 379 g/mol. The van der Waals surface area contributed by atoms with Crippen LogP contribution in [0.5, 0.6) is 5.75 Å². The van der Waals surface area contributed by atoms with Gasteiger partial charge in [-0.25, -0.2) is 4.98 Å². The van der Waals surface area contributed by atoms with E-state index < -0.39 is 11.7 Å². The first kappa shape index (κ1) is 19.0. The summed E-state index contributed by atoms with van der Waals surface area (Å²) in [6, 6.07) is 9.39. The van der Waals surface area contributed by atoms with E-state index in [4.69, 9.17) is 4.74 Å². The maximum atomic E-state index is 12.7. The number of pyridine rings is 1. The first-order valence-electron chi connectivity index (χ1n) is 8.60. The molecule has 0 radical (unpaired) electrons. The van der Waals surface area contributed by atoms with Crippen molar-refractivity contribution >= 4 is 11.7 Å². The molecule has 0 bridgehead atoms. The van der Waals surface area contributed by atoms with E-state index in [1.165, 1.54) is 6.07 Å². The fourth-order valence-corrected chi connectivity index (χ4v) is 3.03. The number of amides is 1. The van der Waals surface area contributed by atoms with E-state index in [2.05, 4.69) is 4.98 Å². The lowest BCUT2D eigenvalue weighted by Gasteiger charge is -2.23. The number of aromatic nitrogens is 1. The summed E-state index contributed by atoms with van der Waals surface area (Å²) >= 11 is 0. The Morgan fingerprint density at radius 3 is 2.59 bits per heavy atom. The molecule has 0 unspecified atom stereocenters. The standard InChI is InChI=1S/C19H20F3N3O2/c1-27-16-5-2-4-14(12-16)18(26)25-9-3-8-24(10-11-25)17-7-6-15(13-23-17)19(20,21)22/h2,4-7,12-13H,3,8-11H2,1H3. The van der Waals surface area contributed by atoms with Crippen LogP contribution in [0.2, 0.25) is 0 Å². The lowest BCUT2D eigenvalue weighted by atomic mass is 10.2. The maximum Gasteiger partial charge on any atom is 0.417 e. The Morgan fingerprint density at radius 2 is 1.93 bits per heavy atom. The van der Waals surface area contributed by atoms with Crippen molar-refractivity contribution in [3.05, 3.63) is 53.7 Å². The van der Waals surface area contributed by atoms with Crippen LogP contribution in [-0.4, -0.2) is 49.1 Å². The Morgan fingerprint density at radius 1 is 1.11 bits per heavy atom. The van der Waals surface area contributed by atoms with Crippen LogP contribution in [0.15, 0.2) is 42.6 Å². The molecule has 1 aromatic heterocycles. The van der Waals surface area contributed by atoms with E-state index in [1.54, 1.807) is 36.3 Å². The van der Waals surface area contributed by atoms with Gasteiger partial charge in [-0.05, 0) is 36.8 Å². The van der Waals surface area contributed by atoms with Crippen LogP contribution in [0.4, 0.5) is 19.0 Å². The summed E-state index contributed by atoms with van der Waals surface area (Å²) in [7, 11) is 1.55. The van der Waals surface area contributed by atoms with Crippen LogP contribution >= 0.6 is 0 Å². The molecular formula is C19H20F3N3O2. The minimum absolute atomic E-state index is 0.0869. The van der Waals surface area contributed by atoms with Gasteiger partial charge in [0.25, 0.3) is 5.91 Å².